The average molecular weight is 339 g/mol. The van der Waals surface area contributed by atoms with E-state index in [9.17, 15) is 9.59 Å². The SMILES string of the molecule is Cc1cc(=O)c2ccccc2n1CC(=O)NCC1CCN(C2CC2)C1. The highest BCUT2D eigenvalue weighted by molar-refractivity contribution is 5.82. The Morgan fingerprint density at radius 2 is 2.04 bits per heavy atom. The molecule has 2 fully saturated rings. The minimum absolute atomic E-state index is 0.0101. The quantitative estimate of drug-likeness (QED) is 0.905. The van der Waals surface area contributed by atoms with E-state index < -0.39 is 0 Å². The molecule has 1 saturated carbocycles. The fraction of sp³-hybridized carbons (Fsp3) is 0.500. The summed E-state index contributed by atoms with van der Waals surface area (Å²) in [4.78, 5) is 27.1. The molecular formula is C20H25N3O2. The number of carbonyl (C=O) groups excluding carboxylic acids is 1. The molecule has 2 aliphatic rings. The molecule has 2 heterocycles. The van der Waals surface area contributed by atoms with Crippen LogP contribution in [-0.2, 0) is 11.3 Å². The van der Waals surface area contributed by atoms with Crippen LogP contribution in [0, 0.1) is 12.8 Å². The molecular weight excluding hydrogens is 314 g/mol. The number of likely N-dealkylation sites (tertiary alicyclic amines) is 1. The van der Waals surface area contributed by atoms with E-state index in [2.05, 4.69) is 10.2 Å². The second-order valence-corrected chi connectivity index (χ2v) is 7.44. The van der Waals surface area contributed by atoms with Crippen molar-refractivity contribution in [2.75, 3.05) is 19.6 Å². The number of fused-ring (bicyclic) bond motifs is 1. The molecule has 1 aliphatic heterocycles. The van der Waals surface area contributed by atoms with Crippen molar-refractivity contribution in [2.24, 2.45) is 5.92 Å². The largest absolute Gasteiger partial charge is 0.354 e. The molecule has 5 nitrogen and oxygen atoms in total. The van der Waals surface area contributed by atoms with E-state index in [-0.39, 0.29) is 17.9 Å². The highest BCUT2D eigenvalue weighted by Crippen LogP contribution is 2.31. The molecule has 1 aromatic heterocycles. The predicted molar refractivity (Wildman–Crippen MR) is 98.7 cm³/mol. The van der Waals surface area contributed by atoms with Gasteiger partial charge in [0, 0.05) is 36.3 Å². The lowest BCUT2D eigenvalue weighted by Gasteiger charge is -2.17. The Bertz CT molecular complexity index is 854. The number of amides is 1. The second-order valence-electron chi connectivity index (χ2n) is 7.44. The van der Waals surface area contributed by atoms with Crippen molar-refractivity contribution >= 4 is 16.8 Å². The highest BCUT2D eigenvalue weighted by Gasteiger charge is 2.34. The van der Waals surface area contributed by atoms with E-state index in [1.807, 2.05) is 35.8 Å². The summed E-state index contributed by atoms with van der Waals surface area (Å²) < 4.78 is 1.93. The maximum atomic E-state index is 12.5. The lowest BCUT2D eigenvalue weighted by Crippen LogP contribution is -2.34. The van der Waals surface area contributed by atoms with Crippen molar-refractivity contribution in [3.63, 3.8) is 0 Å². The van der Waals surface area contributed by atoms with Crippen LogP contribution in [0.15, 0.2) is 35.1 Å². The van der Waals surface area contributed by atoms with Gasteiger partial charge < -0.3 is 14.8 Å². The molecule has 2 aromatic rings. The smallest absolute Gasteiger partial charge is 0.239 e. The predicted octanol–water partition coefficient (Wildman–Crippen LogP) is 1.91. The molecule has 1 saturated heterocycles. The van der Waals surface area contributed by atoms with Gasteiger partial charge in [0.1, 0.15) is 6.54 Å². The molecule has 0 bridgehead atoms. The molecule has 1 aromatic carbocycles. The van der Waals surface area contributed by atoms with Crippen LogP contribution in [0.25, 0.3) is 10.9 Å². The van der Waals surface area contributed by atoms with E-state index in [1.54, 1.807) is 6.07 Å². The summed E-state index contributed by atoms with van der Waals surface area (Å²) in [7, 11) is 0. The molecule has 5 heteroatoms. The number of para-hydroxylation sites is 1. The lowest BCUT2D eigenvalue weighted by molar-refractivity contribution is -0.121. The first-order valence-corrected chi connectivity index (χ1v) is 9.22. The zero-order valence-electron chi connectivity index (χ0n) is 14.7. The third kappa shape index (κ3) is 3.47. The van der Waals surface area contributed by atoms with Crippen LogP contribution < -0.4 is 10.7 Å². The molecule has 0 radical (unpaired) electrons. The molecule has 4 rings (SSSR count). The van der Waals surface area contributed by atoms with Gasteiger partial charge in [0.05, 0.1) is 5.52 Å². The minimum Gasteiger partial charge on any atom is -0.354 e. The number of carbonyl (C=O) groups is 1. The van der Waals surface area contributed by atoms with E-state index in [1.165, 1.54) is 25.8 Å². The van der Waals surface area contributed by atoms with Gasteiger partial charge >= 0.3 is 0 Å². The summed E-state index contributed by atoms with van der Waals surface area (Å²) in [6.07, 6.45) is 3.87. The monoisotopic (exact) mass is 339 g/mol. The number of nitrogens with zero attached hydrogens (tertiary/aromatic N) is 2. The second kappa shape index (κ2) is 6.64. The Balaban J connectivity index is 1.41. The van der Waals surface area contributed by atoms with Gasteiger partial charge in [0.25, 0.3) is 0 Å². The summed E-state index contributed by atoms with van der Waals surface area (Å²) in [5, 5.41) is 3.76. The Kier molecular flexibility index (Phi) is 4.34. The van der Waals surface area contributed by atoms with Gasteiger partial charge in [-0.2, -0.15) is 0 Å². The van der Waals surface area contributed by atoms with Gasteiger partial charge in [-0.05, 0) is 50.8 Å². The number of aromatic nitrogens is 1. The minimum atomic E-state index is 0.0101. The average Bonchev–Trinajstić information content (AvgIpc) is 3.35. The van der Waals surface area contributed by atoms with Crippen LogP contribution in [0.5, 0.6) is 0 Å². The zero-order chi connectivity index (χ0) is 17.4. The summed E-state index contributed by atoms with van der Waals surface area (Å²) in [5.74, 6) is 0.582. The van der Waals surface area contributed by atoms with Crippen molar-refractivity contribution < 1.29 is 4.79 Å². The topological polar surface area (TPSA) is 54.3 Å². The first kappa shape index (κ1) is 16.3. The van der Waals surface area contributed by atoms with Crippen molar-refractivity contribution in [3.8, 4) is 0 Å². The third-order valence-corrected chi connectivity index (χ3v) is 5.50. The summed E-state index contributed by atoms with van der Waals surface area (Å²) >= 11 is 0. The van der Waals surface area contributed by atoms with E-state index in [0.717, 1.165) is 30.3 Å². The number of rotatable bonds is 5. The van der Waals surface area contributed by atoms with Crippen molar-refractivity contribution in [1.82, 2.24) is 14.8 Å². The van der Waals surface area contributed by atoms with Crippen LogP contribution in [0.4, 0.5) is 0 Å². The van der Waals surface area contributed by atoms with Crippen LogP contribution in [-0.4, -0.2) is 41.1 Å². The van der Waals surface area contributed by atoms with Gasteiger partial charge in [-0.25, -0.2) is 0 Å². The summed E-state index contributed by atoms with van der Waals surface area (Å²) in [6, 6.07) is 9.91. The Hall–Kier alpha value is -2.14. The van der Waals surface area contributed by atoms with Gasteiger partial charge in [-0.15, -0.1) is 0 Å². The molecule has 1 aliphatic carbocycles. The van der Waals surface area contributed by atoms with Crippen molar-refractivity contribution in [3.05, 3.63) is 46.2 Å². The summed E-state index contributed by atoms with van der Waals surface area (Å²) in [5.41, 5.74) is 1.65. The normalized spacial score (nSPS) is 20.9. The molecule has 0 spiro atoms. The zero-order valence-corrected chi connectivity index (χ0v) is 14.7. The van der Waals surface area contributed by atoms with E-state index >= 15 is 0 Å². The number of hydrogen-bond donors (Lipinski definition) is 1. The standard InChI is InChI=1S/C20H25N3O2/c1-14-10-19(24)17-4-2-3-5-18(17)23(14)13-20(25)21-11-15-8-9-22(12-15)16-6-7-16/h2-5,10,15-16H,6-9,11-13H2,1H3,(H,21,25). The molecule has 1 amide bonds. The van der Waals surface area contributed by atoms with Gasteiger partial charge in [0.2, 0.25) is 5.91 Å². The summed E-state index contributed by atoms with van der Waals surface area (Å²) in [6.45, 7) is 5.18. The van der Waals surface area contributed by atoms with Crippen LogP contribution >= 0.6 is 0 Å². The van der Waals surface area contributed by atoms with E-state index in [4.69, 9.17) is 0 Å². The fourth-order valence-corrected chi connectivity index (χ4v) is 3.92. The van der Waals surface area contributed by atoms with Crippen LogP contribution in [0.2, 0.25) is 0 Å². The lowest BCUT2D eigenvalue weighted by atomic mass is 10.1. The van der Waals surface area contributed by atoms with E-state index in [0.29, 0.717) is 11.3 Å². The first-order chi connectivity index (χ1) is 12.1. The molecule has 1 unspecified atom stereocenters. The van der Waals surface area contributed by atoms with Gasteiger partial charge in [-0.1, -0.05) is 12.1 Å². The maximum Gasteiger partial charge on any atom is 0.239 e. The molecule has 1 N–H and O–H groups in total. The number of nitrogens with one attached hydrogen (secondary N) is 1. The van der Waals surface area contributed by atoms with Crippen molar-refractivity contribution in [2.45, 2.75) is 38.8 Å². The third-order valence-electron chi connectivity index (χ3n) is 5.50. The Morgan fingerprint density at radius 1 is 1.24 bits per heavy atom. The van der Waals surface area contributed by atoms with Crippen LogP contribution in [0.1, 0.15) is 25.0 Å². The number of aryl methyl sites for hydroxylation is 1. The highest BCUT2D eigenvalue weighted by atomic mass is 16.2. The van der Waals surface area contributed by atoms with Gasteiger partial charge in [0.15, 0.2) is 5.43 Å². The maximum absolute atomic E-state index is 12.5. The Labute approximate surface area is 147 Å². The number of pyridine rings is 1. The molecule has 132 valence electrons. The number of hydrogen-bond acceptors (Lipinski definition) is 3. The van der Waals surface area contributed by atoms with Gasteiger partial charge in [-0.3, -0.25) is 9.59 Å². The first-order valence-electron chi connectivity index (χ1n) is 9.22. The number of benzene rings is 1. The molecule has 25 heavy (non-hydrogen) atoms. The Morgan fingerprint density at radius 3 is 2.84 bits per heavy atom. The fourth-order valence-electron chi connectivity index (χ4n) is 3.92. The van der Waals surface area contributed by atoms with Crippen LogP contribution in [0.3, 0.4) is 0 Å². The van der Waals surface area contributed by atoms with Crippen molar-refractivity contribution in [1.29, 1.82) is 0 Å². The molecule has 1 atom stereocenters.